The van der Waals surface area contributed by atoms with Crippen LogP contribution in [-0.4, -0.2) is 125 Å². The van der Waals surface area contributed by atoms with E-state index in [0.29, 0.717) is 27.5 Å². The number of nitrogens with one attached hydrogen (secondary N) is 3. The van der Waals surface area contributed by atoms with Gasteiger partial charge in [0.25, 0.3) is 5.91 Å². The standard InChI is InChI=1S/C43H46N10O9S2/c1-6-51-21-22-52(37(57)36(51)56)40(59)46-30(25-17-19-29(20-18-25)44-42(60)62-43(2,3)4)34(54)45-31-35(55)53-32(28(23-63-38(31)53)24-64-41-47-48-49-50(41)5)39(58)61-33(26-13-9-7-10-14-26)27-15-11-8-12-16-27/h7-20,30-31,33,38H,6,21-24H2,1-5H3,(H,44,60)(H,45,54)(H,46,59)/t30-,31-,38-/m1/s1. The summed E-state index contributed by atoms with van der Waals surface area (Å²) in [6, 6.07) is 20.7. The molecule has 3 N–H and O–H groups in total. The number of hydrogen-bond donors (Lipinski definition) is 3. The zero-order valence-electron chi connectivity index (χ0n) is 35.5. The molecule has 2 saturated heterocycles. The average Bonchev–Trinajstić information content (AvgIpc) is 3.70. The van der Waals surface area contributed by atoms with Crippen LogP contribution >= 0.6 is 23.5 Å². The zero-order chi connectivity index (χ0) is 45.7. The Labute approximate surface area is 376 Å². The molecule has 0 unspecified atom stereocenters. The highest BCUT2D eigenvalue weighted by Gasteiger charge is 2.55. The summed E-state index contributed by atoms with van der Waals surface area (Å²) in [5.41, 5.74) is 1.83. The third-order valence-corrected chi connectivity index (χ3v) is 12.7. The van der Waals surface area contributed by atoms with Crippen LogP contribution in [0.25, 0.3) is 0 Å². The molecule has 3 aliphatic rings. The summed E-state index contributed by atoms with van der Waals surface area (Å²) in [6.45, 7) is 7.12. The molecule has 0 aliphatic carbocycles. The van der Waals surface area contributed by atoms with Gasteiger partial charge < -0.3 is 25.0 Å². The summed E-state index contributed by atoms with van der Waals surface area (Å²) in [4.78, 5) is 98.3. The van der Waals surface area contributed by atoms with Gasteiger partial charge in [-0.25, -0.2) is 19.1 Å². The Bertz CT molecular complexity index is 2420. The van der Waals surface area contributed by atoms with Crippen LogP contribution in [0, 0.1) is 0 Å². The normalized spacial score (nSPS) is 18.0. The quantitative estimate of drug-likeness (QED) is 0.0752. The number of imide groups is 1. The predicted molar refractivity (Wildman–Crippen MR) is 234 cm³/mol. The Morgan fingerprint density at radius 3 is 2.14 bits per heavy atom. The van der Waals surface area contributed by atoms with Gasteiger partial charge in [-0.05, 0) is 72.5 Å². The molecular weight excluding hydrogens is 865 g/mol. The summed E-state index contributed by atoms with van der Waals surface area (Å²) in [6.07, 6.45) is -1.53. The van der Waals surface area contributed by atoms with E-state index in [9.17, 15) is 33.6 Å². The third kappa shape index (κ3) is 10.0. The molecule has 3 aromatic carbocycles. The predicted octanol–water partition coefficient (Wildman–Crippen LogP) is 3.78. The third-order valence-electron chi connectivity index (χ3n) is 10.3. The number of carbonyl (C=O) groups is 7. The van der Waals surface area contributed by atoms with Crippen LogP contribution in [-0.2, 0) is 40.5 Å². The first-order valence-corrected chi connectivity index (χ1v) is 22.3. The van der Waals surface area contributed by atoms with Crippen LogP contribution in [0.3, 0.4) is 0 Å². The van der Waals surface area contributed by atoms with Crippen LogP contribution in [0.4, 0.5) is 15.3 Å². The van der Waals surface area contributed by atoms with Crippen molar-refractivity contribution >= 4 is 70.9 Å². The molecule has 4 heterocycles. The Morgan fingerprint density at radius 2 is 1.55 bits per heavy atom. The van der Waals surface area contributed by atoms with E-state index in [1.54, 1.807) is 34.7 Å². The molecule has 0 spiro atoms. The van der Waals surface area contributed by atoms with Crippen molar-refractivity contribution < 1.29 is 43.0 Å². The molecular formula is C43H46N10O9S2. The first kappa shape index (κ1) is 45.3. The molecule has 334 valence electrons. The molecule has 0 radical (unpaired) electrons. The number of tetrazole rings is 1. The largest absolute Gasteiger partial charge is 0.448 e. The molecule has 7 rings (SSSR count). The number of thioether (sulfide) groups is 2. The Balaban J connectivity index is 1.15. The maximum atomic E-state index is 14.5. The molecule has 19 nitrogen and oxygen atoms in total. The van der Waals surface area contributed by atoms with Crippen molar-refractivity contribution in [2.75, 3.05) is 36.5 Å². The maximum absolute atomic E-state index is 14.5. The van der Waals surface area contributed by atoms with Gasteiger partial charge in [0, 0.05) is 43.9 Å². The number of aromatic nitrogens is 4. The van der Waals surface area contributed by atoms with Gasteiger partial charge >= 0.3 is 29.9 Å². The van der Waals surface area contributed by atoms with Gasteiger partial charge in [0.2, 0.25) is 11.1 Å². The summed E-state index contributed by atoms with van der Waals surface area (Å²) >= 11 is 2.60. The number of benzene rings is 3. The molecule has 1 aromatic heterocycles. The van der Waals surface area contributed by atoms with Crippen molar-refractivity contribution in [3.8, 4) is 0 Å². The number of fused-ring (bicyclic) bond motifs is 1. The van der Waals surface area contributed by atoms with Crippen molar-refractivity contribution in [2.24, 2.45) is 7.05 Å². The summed E-state index contributed by atoms with van der Waals surface area (Å²) in [5.74, 6) is -3.57. The molecule has 0 saturated carbocycles. The number of β-lactam (4-membered cyclic amide) rings is 1. The lowest BCUT2D eigenvalue weighted by molar-refractivity contribution is -0.155. The fourth-order valence-electron chi connectivity index (χ4n) is 7.11. The van der Waals surface area contributed by atoms with Crippen molar-refractivity contribution in [1.29, 1.82) is 0 Å². The van der Waals surface area contributed by atoms with Gasteiger partial charge in [0.15, 0.2) is 6.10 Å². The fraction of sp³-hybridized carbons (Fsp3) is 0.349. The van der Waals surface area contributed by atoms with Crippen LogP contribution in [0.5, 0.6) is 0 Å². The number of nitrogens with zero attached hydrogens (tertiary/aromatic N) is 7. The minimum absolute atomic E-state index is 0.0334. The summed E-state index contributed by atoms with van der Waals surface area (Å²) in [5, 5.41) is 19.3. The van der Waals surface area contributed by atoms with E-state index in [1.807, 2.05) is 60.7 Å². The Morgan fingerprint density at radius 1 is 0.891 bits per heavy atom. The highest BCUT2D eigenvalue weighted by atomic mass is 32.2. The summed E-state index contributed by atoms with van der Waals surface area (Å²) in [7, 11) is 1.68. The number of piperazine rings is 1. The van der Waals surface area contributed by atoms with E-state index in [2.05, 4.69) is 31.5 Å². The zero-order valence-corrected chi connectivity index (χ0v) is 37.2. The Hall–Kier alpha value is -6.74. The number of likely N-dealkylation sites (N-methyl/N-ethyl adjacent to an activating group) is 1. The SMILES string of the molecule is CCN1CCN(C(=O)N[C@@H](C(=O)N[C@@H]2C(=O)N3C(C(=O)OC(c4ccccc4)c4ccccc4)=C(CSc4nnnn4C)CS[C@H]23)c2ccc(NC(=O)OC(C)(C)C)cc2)C(=O)C1=O. The van der Waals surface area contributed by atoms with Gasteiger partial charge in [-0.2, -0.15) is 0 Å². The van der Waals surface area contributed by atoms with Crippen molar-refractivity contribution in [3.05, 3.63) is 113 Å². The first-order chi connectivity index (χ1) is 30.6. The second-order valence-electron chi connectivity index (χ2n) is 15.8. The topological polar surface area (TPSA) is 227 Å². The minimum Gasteiger partial charge on any atom is -0.448 e. The highest BCUT2D eigenvalue weighted by Crippen LogP contribution is 2.43. The van der Waals surface area contributed by atoms with E-state index >= 15 is 0 Å². The molecule has 2 fully saturated rings. The number of amides is 7. The number of anilines is 1. The molecule has 4 aromatic rings. The number of carbonyl (C=O) groups excluding carboxylic acids is 7. The molecule has 7 amide bonds. The lowest BCUT2D eigenvalue weighted by Gasteiger charge is -2.50. The average molecular weight is 911 g/mol. The molecule has 3 aliphatic heterocycles. The van der Waals surface area contributed by atoms with Crippen molar-refractivity contribution in [3.63, 3.8) is 0 Å². The van der Waals surface area contributed by atoms with Gasteiger partial charge in [-0.1, -0.05) is 84.6 Å². The highest BCUT2D eigenvalue weighted by molar-refractivity contribution is 8.01. The lowest BCUT2D eigenvalue weighted by Crippen LogP contribution is -2.71. The maximum Gasteiger partial charge on any atom is 0.412 e. The molecule has 0 bridgehead atoms. The van der Waals surface area contributed by atoms with Crippen LogP contribution < -0.4 is 16.0 Å². The van der Waals surface area contributed by atoms with Gasteiger partial charge in [-0.3, -0.25) is 34.3 Å². The van der Waals surface area contributed by atoms with E-state index in [-0.39, 0.29) is 42.4 Å². The number of aryl methyl sites for hydroxylation is 1. The van der Waals surface area contributed by atoms with Crippen molar-refractivity contribution in [2.45, 2.75) is 62.0 Å². The number of rotatable bonds is 13. The minimum atomic E-state index is -1.49. The van der Waals surface area contributed by atoms with Gasteiger partial charge in [0.05, 0.1) is 0 Å². The van der Waals surface area contributed by atoms with Crippen LogP contribution in [0.15, 0.2) is 101 Å². The van der Waals surface area contributed by atoms with Gasteiger partial charge in [0.1, 0.15) is 28.8 Å². The monoisotopic (exact) mass is 910 g/mol. The smallest absolute Gasteiger partial charge is 0.412 e. The lowest BCUT2D eigenvalue weighted by atomic mass is 10.00. The molecule has 3 atom stereocenters. The summed E-state index contributed by atoms with van der Waals surface area (Å²) < 4.78 is 13.1. The second kappa shape index (κ2) is 19.3. The number of urea groups is 1. The van der Waals surface area contributed by atoms with E-state index in [1.165, 1.54) is 62.3 Å². The fourth-order valence-corrected chi connectivity index (χ4v) is 9.45. The van der Waals surface area contributed by atoms with Gasteiger partial charge in [-0.15, -0.1) is 16.9 Å². The second-order valence-corrected chi connectivity index (χ2v) is 17.8. The molecule has 64 heavy (non-hydrogen) atoms. The Kier molecular flexibility index (Phi) is 13.7. The van der Waals surface area contributed by atoms with Crippen LogP contribution in [0.1, 0.15) is 56.5 Å². The number of esters is 1. The van der Waals surface area contributed by atoms with E-state index in [0.717, 1.165) is 4.90 Å². The number of hydrogen-bond acceptors (Lipinski definition) is 14. The first-order valence-electron chi connectivity index (χ1n) is 20.3. The van der Waals surface area contributed by atoms with E-state index in [4.69, 9.17) is 9.47 Å². The van der Waals surface area contributed by atoms with Crippen molar-refractivity contribution in [1.82, 2.24) is 45.5 Å². The van der Waals surface area contributed by atoms with E-state index < -0.39 is 70.9 Å². The molecule has 21 heteroatoms. The number of ether oxygens (including phenoxy) is 2. The van der Waals surface area contributed by atoms with Crippen LogP contribution in [0.2, 0.25) is 0 Å².